The molecule has 0 saturated heterocycles. The molecule has 0 atom stereocenters. The zero-order valence-electron chi connectivity index (χ0n) is 8.92. The van der Waals surface area contributed by atoms with Crippen LogP contribution in [0.3, 0.4) is 0 Å². The fourth-order valence-corrected chi connectivity index (χ4v) is 1.25. The van der Waals surface area contributed by atoms with Gasteiger partial charge in [0.15, 0.2) is 0 Å². The van der Waals surface area contributed by atoms with Gasteiger partial charge in [0.05, 0.1) is 19.3 Å². The Bertz CT molecular complexity index is 447. The van der Waals surface area contributed by atoms with E-state index in [1.165, 1.54) is 6.33 Å². The average molecular weight is 216 g/mol. The molecule has 5 nitrogen and oxygen atoms in total. The van der Waals surface area contributed by atoms with Crippen molar-refractivity contribution in [2.24, 2.45) is 0 Å². The summed E-state index contributed by atoms with van der Waals surface area (Å²) in [6.45, 7) is 0.648. The Morgan fingerprint density at radius 1 is 1.25 bits per heavy atom. The van der Waals surface area contributed by atoms with Gasteiger partial charge in [0.25, 0.3) is 0 Å². The maximum atomic E-state index is 5.03. The number of pyridine rings is 1. The molecule has 82 valence electrons. The van der Waals surface area contributed by atoms with Gasteiger partial charge in [0, 0.05) is 24.1 Å². The molecule has 0 aliphatic heterocycles. The number of hydrogen-bond donors (Lipinski definition) is 1. The van der Waals surface area contributed by atoms with Crippen molar-refractivity contribution < 1.29 is 4.74 Å². The van der Waals surface area contributed by atoms with Crippen LogP contribution in [0, 0.1) is 0 Å². The third kappa shape index (κ3) is 2.66. The number of nitrogens with one attached hydrogen (secondary N) is 1. The highest BCUT2D eigenvalue weighted by Gasteiger charge is 1.97. The lowest BCUT2D eigenvalue weighted by Crippen LogP contribution is -2.02. The Morgan fingerprint density at radius 2 is 2.19 bits per heavy atom. The first-order chi connectivity index (χ1) is 7.88. The highest BCUT2D eigenvalue weighted by molar-refractivity contribution is 5.45. The van der Waals surface area contributed by atoms with Crippen molar-refractivity contribution in [1.29, 1.82) is 0 Å². The zero-order chi connectivity index (χ0) is 11.2. The standard InChI is InChI=1S/C11H12N4O/c1-16-11-6-9(3-5-13-11)14-7-10-2-4-12-8-15-10/h2-6,8H,7H2,1H3,(H,13,14). The Hall–Kier alpha value is -2.17. The van der Waals surface area contributed by atoms with E-state index in [0.29, 0.717) is 12.4 Å². The number of rotatable bonds is 4. The number of ether oxygens (including phenoxy) is 1. The fraction of sp³-hybridized carbons (Fsp3) is 0.182. The van der Waals surface area contributed by atoms with Crippen LogP contribution in [0.15, 0.2) is 36.9 Å². The van der Waals surface area contributed by atoms with Crippen molar-refractivity contribution in [3.05, 3.63) is 42.6 Å². The lowest BCUT2D eigenvalue weighted by Gasteiger charge is -2.06. The summed E-state index contributed by atoms with van der Waals surface area (Å²) in [6, 6.07) is 5.58. The second kappa shape index (κ2) is 5.06. The van der Waals surface area contributed by atoms with Crippen LogP contribution in [0.5, 0.6) is 5.88 Å². The summed E-state index contributed by atoms with van der Waals surface area (Å²) in [5.41, 5.74) is 1.89. The minimum absolute atomic E-state index is 0.590. The summed E-state index contributed by atoms with van der Waals surface area (Å²) in [4.78, 5) is 12.0. The molecule has 0 spiro atoms. The van der Waals surface area contributed by atoms with Crippen molar-refractivity contribution in [2.75, 3.05) is 12.4 Å². The van der Waals surface area contributed by atoms with E-state index >= 15 is 0 Å². The topological polar surface area (TPSA) is 59.9 Å². The molecule has 0 radical (unpaired) electrons. The third-order valence-corrected chi connectivity index (χ3v) is 2.06. The average Bonchev–Trinajstić information content (AvgIpc) is 2.38. The fourth-order valence-electron chi connectivity index (χ4n) is 1.25. The van der Waals surface area contributed by atoms with Crippen LogP contribution in [-0.4, -0.2) is 22.1 Å². The number of aromatic nitrogens is 3. The van der Waals surface area contributed by atoms with E-state index < -0.39 is 0 Å². The van der Waals surface area contributed by atoms with Crippen LogP contribution in [-0.2, 0) is 6.54 Å². The summed E-state index contributed by atoms with van der Waals surface area (Å²) in [5, 5.41) is 3.23. The molecule has 0 aliphatic carbocycles. The summed E-state index contributed by atoms with van der Waals surface area (Å²) in [5.74, 6) is 0.590. The van der Waals surface area contributed by atoms with Crippen molar-refractivity contribution in [1.82, 2.24) is 15.0 Å². The van der Waals surface area contributed by atoms with E-state index in [0.717, 1.165) is 11.4 Å². The molecule has 2 aromatic heterocycles. The van der Waals surface area contributed by atoms with E-state index in [1.807, 2.05) is 18.2 Å². The predicted molar refractivity (Wildman–Crippen MR) is 60.1 cm³/mol. The number of hydrogen-bond acceptors (Lipinski definition) is 5. The molecule has 0 amide bonds. The number of anilines is 1. The van der Waals surface area contributed by atoms with Gasteiger partial charge < -0.3 is 10.1 Å². The van der Waals surface area contributed by atoms with E-state index in [4.69, 9.17) is 4.74 Å². The molecule has 2 aromatic rings. The summed E-state index contributed by atoms with van der Waals surface area (Å²) < 4.78 is 5.03. The smallest absolute Gasteiger partial charge is 0.214 e. The Morgan fingerprint density at radius 3 is 2.94 bits per heavy atom. The van der Waals surface area contributed by atoms with Crippen LogP contribution in [0.2, 0.25) is 0 Å². The van der Waals surface area contributed by atoms with Gasteiger partial charge in [0.1, 0.15) is 6.33 Å². The van der Waals surface area contributed by atoms with Crippen LogP contribution in [0.25, 0.3) is 0 Å². The van der Waals surface area contributed by atoms with Gasteiger partial charge in [-0.15, -0.1) is 0 Å². The molecule has 2 heterocycles. The molecule has 2 rings (SSSR count). The molecular weight excluding hydrogens is 204 g/mol. The number of methoxy groups -OCH3 is 1. The van der Waals surface area contributed by atoms with Gasteiger partial charge >= 0.3 is 0 Å². The lowest BCUT2D eigenvalue weighted by molar-refractivity contribution is 0.398. The second-order valence-corrected chi connectivity index (χ2v) is 3.14. The molecule has 0 aromatic carbocycles. The van der Waals surface area contributed by atoms with Gasteiger partial charge in [0.2, 0.25) is 5.88 Å². The lowest BCUT2D eigenvalue weighted by atomic mass is 10.3. The van der Waals surface area contributed by atoms with Crippen LogP contribution < -0.4 is 10.1 Å². The summed E-state index contributed by atoms with van der Waals surface area (Å²) in [6.07, 6.45) is 4.95. The van der Waals surface area contributed by atoms with Crippen molar-refractivity contribution in [2.45, 2.75) is 6.54 Å². The highest BCUT2D eigenvalue weighted by Crippen LogP contribution is 2.13. The number of nitrogens with zero attached hydrogens (tertiary/aromatic N) is 3. The maximum Gasteiger partial charge on any atom is 0.214 e. The maximum absolute atomic E-state index is 5.03. The quantitative estimate of drug-likeness (QED) is 0.839. The van der Waals surface area contributed by atoms with Gasteiger partial charge in [-0.3, -0.25) is 0 Å². The molecule has 0 saturated carbocycles. The van der Waals surface area contributed by atoms with Crippen molar-refractivity contribution >= 4 is 5.69 Å². The Balaban J connectivity index is 1.99. The predicted octanol–water partition coefficient (Wildman–Crippen LogP) is 1.49. The largest absolute Gasteiger partial charge is 0.481 e. The first-order valence-corrected chi connectivity index (χ1v) is 4.87. The van der Waals surface area contributed by atoms with Crippen LogP contribution in [0.4, 0.5) is 5.69 Å². The Labute approximate surface area is 93.5 Å². The van der Waals surface area contributed by atoms with Gasteiger partial charge in [-0.05, 0) is 12.1 Å². The molecular formula is C11H12N4O. The first kappa shape index (κ1) is 10.4. The summed E-state index contributed by atoms with van der Waals surface area (Å²) in [7, 11) is 1.59. The van der Waals surface area contributed by atoms with Crippen molar-refractivity contribution in [3.8, 4) is 5.88 Å². The van der Waals surface area contributed by atoms with Crippen molar-refractivity contribution in [3.63, 3.8) is 0 Å². The molecule has 16 heavy (non-hydrogen) atoms. The van der Waals surface area contributed by atoms with E-state index in [2.05, 4.69) is 20.3 Å². The minimum Gasteiger partial charge on any atom is -0.481 e. The monoisotopic (exact) mass is 216 g/mol. The Kier molecular flexibility index (Phi) is 3.28. The third-order valence-electron chi connectivity index (χ3n) is 2.06. The molecule has 0 fully saturated rings. The first-order valence-electron chi connectivity index (χ1n) is 4.87. The van der Waals surface area contributed by atoms with E-state index in [9.17, 15) is 0 Å². The van der Waals surface area contributed by atoms with Gasteiger partial charge in [-0.2, -0.15) is 0 Å². The van der Waals surface area contributed by atoms with E-state index in [-0.39, 0.29) is 0 Å². The molecule has 5 heteroatoms. The highest BCUT2D eigenvalue weighted by atomic mass is 16.5. The molecule has 0 aliphatic rings. The van der Waals surface area contributed by atoms with Crippen LogP contribution >= 0.6 is 0 Å². The zero-order valence-corrected chi connectivity index (χ0v) is 8.92. The molecule has 1 N–H and O–H groups in total. The van der Waals surface area contributed by atoms with Gasteiger partial charge in [-0.25, -0.2) is 15.0 Å². The molecule has 0 bridgehead atoms. The molecule has 0 unspecified atom stereocenters. The minimum atomic E-state index is 0.590. The van der Waals surface area contributed by atoms with E-state index in [1.54, 1.807) is 19.5 Å². The van der Waals surface area contributed by atoms with Gasteiger partial charge in [-0.1, -0.05) is 0 Å². The van der Waals surface area contributed by atoms with Crippen LogP contribution in [0.1, 0.15) is 5.69 Å². The second-order valence-electron chi connectivity index (χ2n) is 3.14. The summed E-state index contributed by atoms with van der Waals surface area (Å²) >= 11 is 0. The normalized spacial score (nSPS) is 9.81. The SMILES string of the molecule is COc1cc(NCc2ccncn2)ccn1.